The first kappa shape index (κ1) is 22.9. The number of rotatable bonds is 6. The third-order valence-electron chi connectivity index (χ3n) is 3.38. The molecule has 9 heteroatoms. The lowest BCUT2D eigenvalue weighted by Crippen LogP contribution is -2.46. The normalized spacial score (nSPS) is 11.0. The average molecular weight is 388 g/mol. The molecule has 0 unspecified atom stereocenters. The van der Waals surface area contributed by atoms with Crippen LogP contribution in [-0.4, -0.2) is 34.0 Å². The fourth-order valence-electron chi connectivity index (χ4n) is 1.95. The van der Waals surface area contributed by atoms with Gasteiger partial charge in [0.2, 0.25) is 11.8 Å². The van der Waals surface area contributed by atoms with Crippen LogP contribution >= 0.6 is 24.8 Å². The minimum Gasteiger partial charge on any atom is -0.346 e. The number of carbonyl (C=O) groups excluding carboxylic acids is 2. The minimum atomic E-state index is -0.618. The summed E-state index contributed by atoms with van der Waals surface area (Å²) in [7, 11) is 0. The Morgan fingerprint density at radius 1 is 1.28 bits per heavy atom. The van der Waals surface area contributed by atoms with Crippen LogP contribution in [0.4, 0.5) is 5.69 Å². The molecule has 0 aliphatic rings. The molecule has 0 spiro atoms. The van der Waals surface area contributed by atoms with Crippen LogP contribution in [0.1, 0.15) is 13.8 Å². The highest BCUT2D eigenvalue weighted by atomic mass is 35.5. The SMILES string of the molecule is CC(C)[C@H](N)C(=O)NCC(=O)Nc1cccc(-n2ccnc2)c1.Cl.Cl. The molecule has 2 amide bonds. The van der Waals surface area contributed by atoms with Crippen LogP contribution in [0.3, 0.4) is 0 Å². The summed E-state index contributed by atoms with van der Waals surface area (Å²) in [5.74, 6) is -0.621. The van der Waals surface area contributed by atoms with Crippen LogP contribution < -0.4 is 16.4 Å². The van der Waals surface area contributed by atoms with E-state index in [1.54, 1.807) is 18.6 Å². The third kappa shape index (κ3) is 6.74. The van der Waals surface area contributed by atoms with Crippen molar-refractivity contribution in [3.8, 4) is 5.69 Å². The molecule has 1 atom stereocenters. The molecule has 0 saturated carbocycles. The lowest BCUT2D eigenvalue weighted by Gasteiger charge is -2.15. The van der Waals surface area contributed by atoms with Gasteiger partial charge < -0.3 is 20.9 Å². The lowest BCUT2D eigenvalue weighted by atomic mass is 10.1. The summed E-state index contributed by atoms with van der Waals surface area (Å²) in [5.41, 5.74) is 7.24. The Labute approximate surface area is 159 Å². The Morgan fingerprint density at radius 3 is 2.60 bits per heavy atom. The van der Waals surface area contributed by atoms with E-state index >= 15 is 0 Å². The molecule has 1 aromatic heterocycles. The van der Waals surface area contributed by atoms with Gasteiger partial charge in [-0.25, -0.2) is 4.98 Å². The molecule has 1 heterocycles. The Balaban J connectivity index is 0.00000288. The van der Waals surface area contributed by atoms with Crippen molar-refractivity contribution in [3.05, 3.63) is 43.0 Å². The fourth-order valence-corrected chi connectivity index (χ4v) is 1.95. The van der Waals surface area contributed by atoms with E-state index < -0.39 is 6.04 Å². The molecule has 7 nitrogen and oxygen atoms in total. The highest BCUT2D eigenvalue weighted by Crippen LogP contribution is 2.14. The topological polar surface area (TPSA) is 102 Å². The molecular weight excluding hydrogens is 365 g/mol. The molecule has 4 N–H and O–H groups in total. The fraction of sp³-hybridized carbons (Fsp3) is 0.312. The Bertz CT molecular complexity index is 677. The number of carbonyl (C=O) groups is 2. The molecule has 0 saturated heterocycles. The zero-order valence-electron chi connectivity index (χ0n) is 14.0. The Morgan fingerprint density at radius 2 is 2.00 bits per heavy atom. The Hall–Kier alpha value is -2.09. The van der Waals surface area contributed by atoms with Crippen LogP contribution in [0.25, 0.3) is 5.69 Å². The summed E-state index contributed by atoms with van der Waals surface area (Å²) in [6.07, 6.45) is 5.17. The van der Waals surface area contributed by atoms with Gasteiger partial charge in [-0.3, -0.25) is 9.59 Å². The predicted molar refractivity (Wildman–Crippen MR) is 103 cm³/mol. The van der Waals surface area contributed by atoms with E-state index in [9.17, 15) is 9.59 Å². The maximum Gasteiger partial charge on any atom is 0.243 e. The quantitative estimate of drug-likeness (QED) is 0.702. The zero-order chi connectivity index (χ0) is 16.8. The summed E-state index contributed by atoms with van der Waals surface area (Å²) in [5, 5.41) is 5.27. The van der Waals surface area contributed by atoms with E-state index in [1.807, 2.05) is 42.8 Å². The van der Waals surface area contributed by atoms with Crippen molar-refractivity contribution in [2.45, 2.75) is 19.9 Å². The molecule has 0 bridgehead atoms. The molecule has 0 aliphatic heterocycles. The molecule has 0 aliphatic carbocycles. The first-order valence-electron chi connectivity index (χ1n) is 7.39. The van der Waals surface area contributed by atoms with Crippen molar-refractivity contribution in [2.24, 2.45) is 11.7 Å². The zero-order valence-corrected chi connectivity index (χ0v) is 15.6. The number of anilines is 1. The van der Waals surface area contributed by atoms with Gasteiger partial charge in [-0.15, -0.1) is 24.8 Å². The number of aromatic nitrogens is 2. The predicted octanol–water partition coefficient (Wildman–Crippen LogP) is 1.75. The van der Waals surface area contributed by atoms with Crippen molar-refractivity contribution in [1.29, 1.82) is 0 Å². The van der Waals surface area contributed by atoms with Crippen LogP contribution in [0.2, 0.25) is 0 Å². The number of hydrogen-bond donors (Lipinski definition) is 3. The number of hydrogen-bond acceptors (Lipinski definition) is 4. The molecule has 2 aromatic rings. The maximum atomic E-state index is 11.9. The molecule has 1 aromatic carbocycles. The molecule has 2 rings (SSSR count). The number of amides is 2. The number of nitrogens with two attached hydrogens (primary N) is 1. The number of benzene rings is 1. The van der Waals surface area contributed by atoms with Gasteiger partial charge in [0, 0.05) is 23.8 Å². The molecule has 138 valence electrons. The molecule has 0 radical (unpaired) electrons. The molecule has 0 fully saturated rings. The summed E-state index contributed by atoms with van der Waals surface area (Å²) >= 11 is 0. The van der Waals surface area contributed by atoms with E-state index in [0.29, 0.717) is 5.69 Å². The third-order valence-corrected chi connectivity index (χ3v) is 3.38. The number of nitrogens with one attached hydrogen (secondary N) is 2. The van der Waals surface area contributed by atoms with Gasteiger partial charge in [0.25, 0.3) is 0 Å². The average Bonchev–Trinajstić information content (AvgIpc) is 3.06. The van der Waals surface area contributed by atoms with Crippen LogP contribution in [-0.2, 0) is 9.59 Å². The summed E-state index contributed by atoms with van der Waals surface area (Å²) in [6, 6.07) is 6.72. The van der Waals surface area contributed by atoms with Gasteiger partial charge >= 0.3 is 0 Å². The van der Waals surface area contributed by atoms with E-state index in [4.69, 9.17) is 5.73 Å². The van der Waals surface area contributed by atoms with Crippen LogP contribution in [0.15, 0.2) is 43.0 Å². The number of halogens is 2. The van der Waals surface area contributed by atoms with Gasteiger partial charge in [-0.05, 0) is 24.1 Å². The van der Waals surface area contributed by atoms with Gasteiger partial charge in [0.1, 0.15) is 0 Å². The monoisotopic (exact) mass is 387 g/mol. The van der Waals surface area contributed by atoms with E-state index in [2.05, 4.69) is 15.6 Å². The highest BCUT2D eigenvalue weighted by molar-refractivity contribution is 5.95. The van der Waals surface area contributed by atoms with Crippen molar-refractivity contribution in [2.75, 3.05) is 11.9 Å². The van der Waals surface area contributed by atoms with Crippen LogP contribution in [0, 0.1) is 5.92 Å². The smallest absolute Gasteiger partial charge is 0.243 e. The lowest BCUT2D eigenvalue weighted by molar-refractivity contribution is -0.125. The van der Waals surface area contributed by atoms with E-state index in [0.717, 1.165) is 5.69 Å². The van der Waals surface area contributed by atoms with Gasteiger partial charge in [0.05, 0.1) is 18.9 Å². The first-order valence-corrected chi connectivity index (χ1v) is 7.39. The standard InChI is InChI=1S/C16H21N5O2.2ClH/c1-11(2)15(17)16(23)19-9-14(22)20-12-4-3-5-13(8-12)21-7-6-18-10-21;;/h3-8,10-11,15H,9,17H2,1-2H3,(H,19,23)(H,20,22);2*1H/t15-;;/m0../s1. The number of nitrogens with zero attached hydrogens (tertiary/aromatic N) is 2. The van der Waals surface area contributed by atoms with Crippen molar-refractivity contribution >= 4 is 42.3 Å². The van der Waals surface area contributed by atoms with Crippen LogP contribution in [0.5, 0.6) is 0 Å². The van der Waals surface area contributed by atoms with Crippen molar-refractivity contribution in [3.63, 3.8) is 0 Å². The van der Waals surface area contributed by atoms with Gasteiger partial charge in [0.15, 0.2) is 0 Å². The second kappa shape index (κ2) is 10.7. The van der Waals surface area contributed by atoms with E-state index in [-0.39, 0.29) is 49.1 Å². The maximum absolute atomic E-state index is 11.9. The summed E-state index contributed by atoms with van der Waals surface area (Å²) in [4.78, 5) is 27.6. The van der Waals surface area contributed by atoms with Gasteiger partial charge in [-0.2, -0.15) is 0 Å². The molecule has 25 heavy (non-hydrogen) atoms. The second-order valence-electron chi connectivity index (χ2n) is 5.56. The highest BCUT2D eigenvalue weighted by Gasteiger charge is 2.17. The van der Waals surface area contributed by atoms with E-state index in [1.165, 1.54) is 0 Å². The first-order chi connectivity index (χ1) is 11.0. The summed E-state index contributed by atoms with van der Waals surface area (Å²) < 4.78 is 1.83. The van der Waals surface area contributed by atoms with Crippen molar-refractivity contribution in [1.82, 2.24) is 14.9 Å². The Kier molecular flexibility index (Phi) is 9.81. The minimum absolute atomic E-state index is 0. The second-order valence-corrected chi connectivity index (χ2v) is 5.56. The van der Waals surface area contributed by atoms with Crippen molar-refractivity contribution < 1.29 is 9.59 Å². The number of imidazole rings is 1. The molecular formula is C16H23Cl2N5O2. The van der Waals surface area contributed by atoms with Gasteiger partial charge in [-0.1, -0.05) is 19.9 Å². The summed E-state index contributed by atoms with van der Waals surface area (Å²) in [6.45, 7) is 3.59. The largest absolute Gasteiger partial charge is 0.346 e.